The van der Waals surface area contributed by atoms with Crippen LogP contribution in [0.15, 0.2) is 76.5 Å². The van der Waals surface area contributed by atoms with E-state index in [1.165, 1.54) is 42.5 Å². The molecule has 11 heteroatoms. The van der Waals surface area contributed by atoms with Gasteiger partial charge in [-0.3, -0.25) is 9.52 Å². The third kappa shape index (κ3) is 6.31. The summed E-state index contributed by atoms with van der Waals surface area (Å²) >= 11 is 0. The van der Waals surface area contributed by atoms with Crippen LogP contribution < -0.4 is 19.9 Å². The minimum Gasteiger partial charge on any atom is -0.482 e. The van der Waals surface area contributed by atoms with E-state index < -0.39 is 32.6 Å². The molecule has 0 radical (unpaired) electrons. The third-order valence-electron chi connectivity index (χ3n) is 4.62. The highest BCUT2D eigenvalue weighted by molar-refractivity contribution is 7.92. The molecule has 3 aromatic carbocycles. The largest absolute Gasteiger partial charge is 0.482 e. The first-order valence-corrected chi connectivity index (χ1v) is 12.7. The molecule has 1 amide bonds. The van der Waals surface area contributed by atoms with Crippen molar-refractivity contribution in [3.8, 4) is 5.75 Å². The zero-order valence-corrected chi connectivity index (χ0v) is 19.5. The molecule has 0 bridgehead atoms. The van der Waals surface area contributed by atoms with E-state index in [0.717, 1.165) is 5.56 Å². The Bertz CT molecular complexity index is 1390. The van der Waals surface area contributed by atoms with Crippen LogP contribution in [0.4, 0.5) is 11.4 Å². The maximum absolute atomic E-state index is 12.7. The van der Waals surface area contributed by atoms with E-state index in [9.17, 15) is 21.6 Å². The first-order chi connectivity index (χ1) is 15.5. The second-order valence-electron chi connectivity index (χ2n) is 7.27. The number of carbonyl (C=O) groups is 1. The van der Waals surface area contributed by atoms with Crippen LogP contribution in [0.3, 0.4) is 0 Å². The van der Waals surface area contributed by atoms with Gasteiger partial charge < -0.3 is 10.1 Å². The number of carbonyl (C=O) groups excluding carboxylic acids is 1. The van der Waals surface area contributed by atoms with Gasteiger partial charge in [-0.2, -0.15) is 0 Å². The van der Waals surface area contributed by atoms with Crippen LogP contribution in [0.25, 0.3) is 0 Å². The molecule has 3 rings (SSSR count). The topological polar surface area (TPSA) is 145 Å². The fourth-order valence-electron chi connectivity index (χ4n) is 2.88. The molecule has 0 saturated heterocycles. The molecule has 4 N–H and O–H groups in total. The lowest BCUT2D eigenvalue weighted by Gasteiger charge is -2.14. The molecule has 0 unspecified atom stereocenters. The Morgan fingerprint density at radius 1 is 0.879 bits per heavy atom. The van der Waals surface area contributed by atoms with Gasteiger partial charge in [-0.05, 0) is 61.9 Å². The summed E-state index contributed by atoms with van der Waals surface area (Å²) in [6.45, 7) is 3.08. The van der Waals surface area contributed by atoms with Crippen molar-refractivity contribution in [2.75, 3.05) is 16.6 Å². The molecule has 0 aliphatic carbocycles. The van der Waals surface area contributed by atoms with Gasteiger partial charge in [0.15, 0.2) is 6.61 Å². The van der Waals surface area contributed by atoms with Gasteiger partial charge >= 0.3 is 0 Å². The minimum absolute atomic E-state index is 0.0657. The van der Waals surface area contributed by atoms with Gasteiger partial charge in [0, 0.05) is 5.69 Å². The van der Waals surface area contributed by atoms with Crippen molar-refractivity contribution in [1.29, 1.82) is 0 Å². The van der Waals surface area contributed by atoms with Crippen LogP contribution in [-0.2, 0) is 24.8 Å². The second-order valence-corrected chi connectivity index (χ2v) is 10.5. The van der Waals surface area contributed by atoms with Gasteiger partial charge in [0.2, 0.25) is 10.0 Å². The quantitative estimate of drug-likeness (QED) is 0.444. The van der Waals surface area contributed by atoms with Crippen LogP contribution in [0, 0.1) is 13.8 Å². The van der Waals surface area contributed by atoms with Crippen LogP contribution in [-0.4, -0.2) is 29.3 Å². The predicted octanol–water partition coefficient (Wildman–Crippen LogP) is 2.77. The van der Waals surface area contributed by atoms with Crippen LogP contribution in [0.5, 0.6) is 5.75 Å². The summed E-state index contributed by atoms with van der Waals surface area (Å²) in [5, 5.41) is 7.73. The Labute approximate surface area is 192 Å². The standard InChI is InChI=1S/C22H23N3O6S2/c1-15-7-9-17(10-8-15)33(29,30)25-20-5-3-4-6-21(20)31-14-22(26)24-19-12-11-18(13-16(19)2)32(23,27)28/h3-13,25H,14H2,1-2H3,(H,24,26)(H2,23,27,28). The lowest BCUT2D eigenvalue weighted by atomic mass is 10.2. The van der Waals surface area contributed by atoms with Crippen molar-refractivity contribution in [2.45, 2.75) is 23.6 Å². The number of anilines is 2. The van der Waals surface area contributed by atoms with E-state index in [0.29, 0.717) is 11.3 Å². The molecule has 9 nitrogen and oxygen atoms in total. The molecule has 0 aliphatic rings. The Balaban J connectivity index is 1.69. The SMILES string of the molecule is Cc1ccc(S(=O)(=O)Nc2ccccc2OCC(=O)Nc2ccc(S(N)(=O)=O)cc2C)cc1. The molecule has 0 heterocycles. The number of aryl methyl sites for hydroxylation is 2. The average molecular weight is 490 g/mol. The van der Waals surface area contributed by atoms with Gasteiger partial charge in [0.25, 0.3) is 15.9 Å². The second kappa shape index (κ2) is 9.61. The fourth-order valence-corrected chi connectivity index (χ4v) is 4.55. The molecule has 0 atom stereocenters. The van der Waals surface area contributed by atoms with Crippen molar-refractivity contribution in [2.24, 2.45) is 5.14 Å². The monoisotopic (exact) mass is 489 g/mol. The maximum Gasteiger partial charge on any atom is 0.262 e. The number of hydrogen-bond donors (Lipinski definition) is 3. The minimum atomic E-state index is -3.85. The summed E-state index contributed by atoms with van der Waals surface area (Å²) in [6, 6.07) is 16.8. The van der Waals surface area contributed by atoms with Gasteiger partial charge in [-0.15, -0.1) is 0 Å². The van der Waals surface area contributed by atoms with Crippen molar-refractivity contribution in [3.63, 3.8) is 0 Å². The molecule has 0 saturated carbocycles. The lowest BCUT2D eigenvalue weighted by Crippen LogP contribution is -2.21. The number of benzene rings is 3. The number of sulfonamides is 2. The number of ether oxygens (including phenoxy) is 1. The molecular formula is C22H23N3O6S2. The fraction of sp³-hybridized carbons (Fsp3) is 0.136. The highest BCUT2D eigenvalue weighted by Gasteiger charge is 2.17. The number of nitrogens with two attached hydrogens (primary N) is 1. The summed E-state index contributed by atoms with van der Waals surface area (Å²) in [5.74, 6) is -0.345. The van der Waals surface area contributed by atoms with Gasteiger partial charge in [-0.25, -0.2) is 22.0 Å². The first-order valence-electron chi connectivity index (χ1n) is 9.70. The smallest absolute Gasteiger partial charge is 0.262 e. The number of rotatable bonds is 8. The summed E-state index contributed by atoms with van der Waals surface area (Å²) in [5.41, 5.74) is 2.00. The number of nitrogens with one attached hydrogen (secondary N) is 2. The number of amides is 1. The lowest BCUT2D eigenvalue weighted by molar-refractivity contribution is -0.118. The summed E-state index contributed by atoms with van der Waals surface area (Å²) in [6.07, 6.45) is 0. The van der Waals surface area contributed by atoms with Gasteiger partial charge in [-0.1, -0.05) is 29.8 Å². The third-order valence-corrected chi connectivity index (χ3v) is 6.91. The van der Waals surface area contributed by atoms with E-state index in [1.807, 2.05) is 6.92 Å². The van der Waals surface area contributed by atoms with E-state index in [4.69, 9.17) is 9.88 Å². The zero-order chi connectivity index (χ0) is 24.2. The number of para-hydroxylation sites is 2. The normalized spacial score (nSPS) is 11.6. The van der Waals surface area contributed by atoms with E-state index in [1.54, 1.807) is 31.2 Å². The summed E-state index contributed by atoms with van der Waals surface area (Å²) in [4.78, 5) is 12.4. The van der Waals surface area contributed by atoms with Gasteiger partial charge in [0.1, 0.15) is 5.75 Å². The molecule has 33 heavy (non-hydrogen) atoms. The zero-order valence-electron chi connectivity index (χ0n) is 17.9. The maximum atomic E-state index is 12.7. The summed E-state index contributed by atoms with van der Waals surface area (Å²) in [7, 11) is -7.70. The molecule has 0 spiro atoms. The van der Waals surface area contributed by atoms with Crippen LogP contribution in [0.2, 0.25) is 0 Å². The van der Waals surface area contributed by atoms with Crippen LogP contribution >= 0.6 is 0 Å². The highest BCUT2D eigenvalue weighted by atomic mass is 32.2. The molecule has 0 aromatic heterocycles. The Morgan fingerprint density at radius 2 is 1.52 bits per heavy atom. The molecular weight excluding hydrogens is 466 g/mol. The average Bonchev–Trinajstić information content (AvgIpc) is 2.74. The van der Waals surface area contributed by atoms with Gasteiger partial charge in [0.05, 0.1) is 15.5 Å². The first kappa shape index (κ1) is 24.2. The van der Waals surface area contributed by atoms with Crippen molar-refractivity contribution in [3.05, 3.63) is 77.9 Å². The molecule has 174 valence electrons. The van der Waals surface area contributed by atoms with E-state index in [-0.39, 0.29) is 21.2 Å². The molecule has 0 fully saturated rings. The van der Waals surface area contributed by atoms with Crippen molar-refractivity contribution in [1.82, 2.24) is 0 Å². The van der Waals surface area contributed by atoms with E-state index in [2.05, 4.69) is 10.0 Å². The Morgan fingerprint density at radius 3 is 2.15 bits per heavy atom. The highest BCUT2D eigenvalue weighted by Crippen LogP contribution is 2.27. The Hall–Kier alpha value is -3.41. The molecule has 0 aliphatic heterocycles. The van der Waals surface area contributed by atoms with Crippen LogP contribution in [0.1, 0.15) is 11.1 Å². The molecule has 3 aromatic rings. The van der Waals surface area contributed by atoms with Crippen molar-refractivity contribution >= 4 is 37.3 Å². The summed E-state index contributed by atoms with van der Waals surface area (Å²) < 4.78 is 56.2. The number of primary sulfonamides is 1. The predicted molar refractivity (Wildman–Crippen MR) is 125 cm³/mol. The van der Waals surface area contributed by atoms with Crippen molar-refractivity contribution < 1.29 is 26.4 Å². The Kier molecular flexibility index (Phi) is 7.06. The number of hydrogen-bond acceptors (Lipinski definition) is 6. The van der Waals surface area contributed by atoms with E-state index >= 15 is 0 Å².